The molecule has 1 heterocycles. The molecule has 0 aliphatic carbocycles. The zero-order valence-corrected chi connectivity index (χ0v) is 17.2. The molecule has 1 aliphatic heterocycles. The number of methoxy groups -OCH3 is 1. The Bertz CT molecular complexity index is 1030. The predicted molar refractivity (Wildman–Crippen MR) is 115 cm³/mol. The number of benzene rings is 2. The van der Waals surface area contributed by atoms with Crippen LogP contribution < -0.4 is 14.4 Å². The molecule has 0 radical (unpaired) electrons. The number of hydrogen-bond donors (Lipinski definition) is 2. The summed E-state index contributed by atoms with van der Waals surface area (Å²) in [5, 5.41) is 18.9. The molecule has 9 heteroatoms. The molecule has 2 N–H and O–H groups in total. The molecule has 0 saturated carbocycles. The van der Waals surface area contributed by atoms with E-state index in [0.29, 0.717) is 28.7 Å². The average Bonchev–Trinajstić information content (AvgIpc) is 2.95. The summed E-state index contributed by atoms with van der Waals surface area (Å²) in [6.45, 7) is 2.38. The Kier molecular flexibility index (Phi) is 6.09. The minimum Gasteiger partial charge on any atom is -0.507 e. The number of carboxylic acid groups (broad SMARTS) is 1. The number of anilines is 1. The molecule has 7 nitrogen and oxygen atoms in total. The van der Waals surface area contributed by atoms with Gasteiger partial charge in [-0.15, -0.1) is 0 Å². The summed E-state index contributed by atoms with van der Waals surface area (Å²) in [6, 6.07) is 9.18. The Balaban J connectivity index is 1.91. The third-order valence-electron chi connectivity index (χ3n) is 4.05. The van der Waals surface area contributed by atoms with E-state index in [-0.39, 0.29) is 15.8 Å². The van der Waals surface area contributed by atoms with Crippen LogP contribution >= 0.6 is 24.0 Å². The number of rotatable bonds is 6. The van der Waals surface area contributed by atoms with Crippen molar-refractivity contribution in [1.82, 2.24) is 0 Å². The highest BCUT2D eigenvalue weighted by Crippen LogP contribution is 2.38. The molecule has 0 bridgehead atoms. The first-order chi connectivity index (χ1) is 13.8. The van der Waals surface area contributed by atoms with Crippen molar-refractivity contribution in [2.75, 3.05) is 18.6 Å². The number of hydrogen-bond acceptors (Lipinski definition) is 7. The van der Waals surface area contributed by atoms with Crippen molar-refractivity contribution >= 4 is 51.9 Å². The fraction of sp³-hybridized carbons (Fsp3) is 0.150. The van der Waals surface area contributed by atoms with Crippen molar-refractivity contribution in [2.24, 2.45) is 0 Å². The Labute approximate surface area is 176 Å². The summed E-state index contributed by atoms with van der Waals surface area (Å²) in [6.07, 6.45) is 1.68. The highest BCUT2D eigenvalue weighted by Gasteiger charge is 2.34. The van der Waals surface area contributed by atoms with Crippen LogP contribution in [0.4, 0.5) is 5.69 Å². The molecule has 2 aromatic carbocycles. The number of ether oxygens (including phenoxy) is 2. The molecule has 0 unspecified atom stereocenters. The first kappa shape index (κ1) is 20.7. The highest BCUT2D eigenvalue weighted by atomic mass is 32.2. The van der Waals surface area contributed by atoms with E-state index in [1.807, 2.05) is 6.92 Å². The van der Waals surface area contributed by atoms with E-state index in [1.165, 1.54) is 30.2 Å². The Morgan fingerprint density at radius 1 is 1.24 bits per heavy atom. The van der Waals surface area contributed by atoms with Crippen molar-refractivity contribution < 1.29 is 29.3 Å². The van der Waals surface area contributed by atoms with Crippen LogP contribution in [-0.2, 0) is 4.79 Å². The van der Waals surface area contributed by atoms with Gasteiger partial charge in [0.1, 0.15) is 11.3 Å². The lowest BCUT2D eigenvalue weighted by Crippen LogP contribution is -2.27. The quantitative estimate of drug-likeness (QED) is 0.525. The molecular formula is C20H17NO6S2. The second-order valence-corrected chi connectivity index (χ2v) is 7.54. The van der Waals surface area contributed by atoms with E-state index in [4.69, 9.17) is 26.8 Å². The number of carbonyl (C=O) groups is 2. The summed E-state index contributed by atoms with van der Waals surface area (Å²) in [4.78, 5) is 25.6. The van der Waals surface area contributed by atoms with Gasteiger partial charge in [0, 0.05) is 6.07 Å². The van der Waals surface area contributed by atoms with Crippen molar-refractivity contribution in [3.8, 4) is 17.2 Å². The van der Waals surface area contributed by atoms with Gasteiger partial charge in [-0.25, -0.2) is 4.79 Å². The maximum Gasteiger partial charge on any atom is 0.339 e. The molecule has 0 atom stereocenters. The van der Waals surface area contributed by atoms with Crippen molar-refractivity contribution in [3.63, 3.8) is 0 Å². The number of aromatic hydroxyl groups is 1. The van der Waals surface area contributed by atoms with Crippen LogP contribution in [0.25, 0.3) is 6.08 Å². The standard InChI is InChI=1S/C20H17NO6S2/c1-3-27-15-7-4-11(8-16(15)26-2)9-17-18(23)21(20(28)29-17)12-5-6-13(19(24)25)14(22)10-12/h4-10,22H,3H2,1-2H3,(H,24,25). The zero-order valence-electron chi connectivity index (χ0n) is 15.5. The number of carbonyl (C=O) groups excluding carboxylic acids is 1. The molecule has 0 aromatic heterocycles. The summed E-state index contributed by atoms with van der Waals surface area (Å²) in [5.74, 6) is -0.914. The summed E-state index contributed by atoms with van der Waals surface area (Å²) in [5.41, 5.74) is 0.772. The maximum atomic E-state index is 12.9. The monoisotopic (exact) mass is 431 g/mol. The predicted octanol–water partition coefficient (Wildman–Crippen LogP) is 3.90. The van der Waals surface area contributed by atoms with Gasteiger partial charge in [0.2, 0.25) is 0 Å². The third kappa shape index (κ3) is 4.20. The number of aromatic carboxylic acids is 1. The van der Waals surface area contributed by atoms with Crippen LogP contribution in [0.3, 0.4) is 0 Å². The largest absolute Gasteiger partial charge is 0.507 e. The summed E-state index contributed by atoms with van der Waals surface area (Å²) >= 11 is 6.42. The number of phenols is 1. The van der Waals surface area contributed by atoms with Crippen LogP contribution in [0.1, 0.15) is 22.8 Å². The second-order valence-electron chi connectivity index (χ2n) is 5.87. The van der Waals surface area contributed by atoms with Gasteiger partial charge in [0.25, 0.3) is 5.91 Å². The Morgan fingerprint density at radius 2 is 2.00 bits per heavy atom. The zero-order chi connectivity index (χ0) is 21.1. The smallest absolute Gasteiger partial charge is 0.339 e. The van der Waals surface area contributed by atoms with Crippen LogP contribution in [0.5, 0.6) is 17.2 Å². The van der Waals surface area contributed by atoms with Gasteiger partial charge in [0.05, 0.1) is 24.3 Å². The van der Waals surface area contributed by atoms with E-state index in [2.05, 4.69) is 0 Å². The summed E-state index contributed by atoms with van der Waals surface area (Å²) < 4.78 is 11.1. The van der Waals surface area contributed by atoms with Gasteiger partial charge in [-0.1, -0.05) is 30.0 Å². The van der Waals surface area contributed by atoms with Crippen LogP contribution in [0, 0.1) is 0 Å². The van der Waals surface area contributed by atoms with Crippen molar-refractivity contribution in [3.05, 3.63) is 52.4 Å². The van der Waals surface area contributed by atoms with Crippen molar-refractivity contribution in [2.45, 2.75) is 6.92 Å². The molecule has 150 valence electrons. The van der Waals surface area contributed by atoms with E-state index < -0.39 is 11.7 Å². The van der Waals surface area contributed by atoms with Gasteiger partial charge in [-0.3, -0.25) is 9.69 Å². The van der Waals surface area contributed by atoms with Gasteiger partial charge < -0.3 is 19.7 Å². The highest BCUT2D eigenvalue weighted by molar-refractivity contribution is 8.27. The molecule has 29 heavy (non-hydrogen) atoms. The minimum absolute atomic E-state index is 0.254. The number of amides is 1. The number of thioether (sulfide) groups is 1. The first-order valence-electron chi connectivity index (χ1n) is 8.50. The molecule has 1 amide bonds. The maximum absolute atomic E-state index is 12.9. The number of nitrogens with zero attached hydrogens (tertiary/aromatic N) is 1. The van der Waals surface area contributed by atoms with E-state index in [9.17, 15) is 14.7 Å². The summed E-state index contributed by atoms with van der Waals surface area (Å²) in [7, 11) is 1.54. The lowest BCUT2D eigenvalue weighted by atomic mass is 10.1. The molecule has 2 aromatic rings. The molecular weight excluding hydrogens is 414 g/mol. The number of thiocarbonyl (C=S) groups is 1. The SMILES string of the molecule is CCOc1ccc(C=C2SC(=S)N(c3ccc(C(=O)O)c(O)c3)C2=O)cc1OC. The van der Waals surface area contributed by atoms with Gasteiger partial charge in [0.15, 0.2) is 15.8 Å². The molecule has 1 saturated heterocycles. The Hall–Kier alpha value is -3.04. The number of carboxylic acids is 1. The normalized spacial score (nSPS) is 15.1. The molecule has 3 rings (SSSR count). The topological polar surface area (TPSA) is 96.3 Å². The fourth-order valence-electron chi connectivity index (χ4n) is 2.73. The van der Waals surface area contributed by atoms with Gasteiger partial charge in [-0.2, -0.15) is 0 Å². The van der Waals surface area contributed by atoms with Crippen LogP contribution in [0.2, 0.25) is 0 Å². The van der Waals surface area contributed by atoms with Crippen molar-refractivity contribution in [1.29, 1.82) is 0 Å². The van der Waals surface area contributed by atoms with E-state index in [0.717, 1.165) is 17.3 Å². The lowest BCUT2D eigenvalue weighted by Gasteiger charge is -2.15. The third-order valence-corrected chi connectivity index (χ3v) is 5.35. The average molecular weight is 431 g/mol. The molecule has 1 fully saturated rings. The van der Waals surface area contributed by atoms with Gasteiger partial charge in [-0.05, 0) is 42.8 Å². The molecule has 0 spiro atoms. The van der Waals surface area contributed by atoms with E-state index >= 15 is 0 Å². The fourth-order valence-corrected chi connectivity index (χ4v) is 4.03. The van der Waals surface area contributed by atoms with E-state index in [1.54, 1.807) is 24.3 Å². The first-order valence-corrected chi connectivity index (χ1v) is 9.73. The minimum atomic E-state index is -1.26. The second kappa shape index (κ2) is 8.54. The molecule has 1 aliphatic rings. The lowest BCUT2D eigenvalue weighted by molar-refractivity contribution is -0.113. The Morgan fingerprint density at radius 3 is 2.62 bits per heavy atom. The van der Waals surface area contributed by atoms with Crippen LogP contribution in [-0.4, -0.2) is 40.1 Å². The van der Waals surface area contributed by atoms with Crippen LogP contribution in [0.15, 0.2) is 41.3 Å². The van der Waals surface area contributed by atoms with Gasteiger partial charge >= 0.3 is 5.97 Å².